The largest absolute Gasteiger partial charge is 0.382 e. The number of nitrogens with zero attached hydrogens (tertiary/aromatic N) is 6. The number of anilines is 1. The molecular weight excluding hydrogens is 402 g/mol. The van der Waals surface area contributed by atoms with Crippen LogP contribution in [-0.2, 0) is 13.6 Å². The van der Waals surface area contributed by atoms with Crippen molar-refractivity contribution in [3.63, 3.8) is 0 Å². The van der Waals surface area contributed by atoms with Crippen LogP contribution in [0.1, 0.15) is 16.7 Å². The first-order valence-electron chi connectivity index (χ1n) is 9.29. The summed E-state index contributed by atoms with van der Waals surface area (Å²) < 4.78 is 3.09. The topological polar surface area (TPSA) is 105 Å². The van der Waals surface area contributed by atoms with Gasteiger partial charge in [-0.1, -0.05) is 41.1 Å². The predicted octanol–water partition coefficient (Wildman–Crippen LogP) is 3.00. The summed E-state index contributed by atoms with van der Waals surface area (Å²) in [6, 6.07) is 9.49. The Morgan fingerprint density at radius 2 is 1.93 bits per heavy atom. The molecule has 152 valence electrons. The first-order chi connectivity index (χ1) is 14.3. The second-order valence-corrected chi connectivity index (χ2v) is 7.47. The smallest absolute Gasteiger partial charge is 0.255 e. The summed E-state index contributed by atoms with van der Waals surface area (Å²) in [6.45, 7) is 4.32. The van der Waals surface area contributed by atoms with E-state index < -0.39 is 0 Å². The molecule has 0 aliphatic rings. The Morgan fingerprint density at radius 3 is 2.73 bits per heavy atom. The highest BCUT2D eigenvalue weighted by molar-refractivity contribution is 6.35. The fourth-order valence-electron chi connectivity index (χ4n) is 3.18. The molecule has 0 atom stereocenters. The van der Waals surface area contributed by atoms with E-state index in [-0.39, 0.29) is 22.9 Å². The van der Waals surface area contributed by atoms with Crippen molar-refractivity contribution in [2.75, 3.05) is 5.73 Å². The van der Waals surface area contributed by atoms with E-state index in [2.05, 4.69) is 20.3 Å². The van der Waals surface area contributed by atoms with E-state index in [9.17, 15) is 4.79 Å². The maximum Gasteiger partial charge on any atom is 0.255 e. The molecular formula is C21H20ClN7O. The molecule has 30 heavy (non-hydrogen) atoms. The fourth-order valence-corrected chi connectivity index (χ4v) is 3.36. The quantitative estimate of drug-likeness (QED) is 0.543. The molecule has 0 fully saturated rings. The Balaban J connectivity index is 1.74. The average molecular weight is 422 g/mol. The van der Waals surface area contributed by atoms with E-state index in [1.54, 1.807) is 30.2 Å². The second kappa shape index (κ2) is 7.72. The lowest BCUT2D eigenvalue weighted by atomic mass is 10.0. The number of hydrogen-bond donors (Lipinski definition) is 1. The molecule has 8 nitrogen and oxygen atoms in total. The standard InChI is InChI=1S/C21H20ClN7O/c1-12-6-4-8-15(13(12)2)20-24-18(17(22)19(23)25-20)16-11-29(27-26-16)10-14-7-5-9-28(3)21(14)30/h4-9,11H,10H2,1-3H3,(H2,23,24,25). The number of halogens is 1. The zero-order valence-corrected chi connectivity index (χ0v) is 17.6. The van der Waals surface area contributed by atoms with Crippen molar-refractivity contribution in [2.24, 2.45) is 7.05 Å². The first-order valence-corrected chi connectivity index (χ1v) is 9.67. The minimum atomic E-state index is -0.0870. The molecule has 4 aromatic rings. The highest BCUT2D eigenvalue weighted by Gasteiger charge is 2.18. The molecule has 0 aliphatic heterocycles. The summed E-state index contributed by atoms with van der Waals surface area (Å²) in [6.07, 6.45) is 3.39. The second-order valence-electron chi connectivity index (χ2n) is 7.09. The lowest BCUT2D eigenvalue weighted by molar-refractivity contribution is 0.639. The van der Waals surface area contributed by atoms with Gasteiger partial charge in [-0.15, -0.1) is 5.10 Å². The van der Waals surface area contributed by atoms with Gasteiger partial charge in [0, 0.05) is 24.4 Å². The van der Waals surface area contributed by atoms with Crippen LogP contribution in [0.5, 0.6) is 0 Å². The highest BCUT2D eigenvalue weighted by Crippen LogP contribution is 2.32. The summed E-state index contributed by atoms with van der Waals surface area (Å²) in [7, 11) is 1.71. The Kier molecular flexibility index (Phi) is 5.09. The Bertz CT molecular complexity index is 1310. The average Bonchev–Trinajstić information content (AvgIpc) is 3.18. The van der Waals surface area contributed by atoms with Gasteiger partial charge in [-0.25, -0.2) is 14.6 Å². The van der Waals surface area contributed by atoms with E-state index in [4.69, 9.17) is 17.3 Å². The van der Waals surface area contributed by atoms with E-state index in [1.807, 2.05) is 38.1 Å². The van der Waals surface area contributed by atoms with Crippen LogP contribution in [0.3, 0.4) is 0 Å². The van der Waals surface area contributed by atoms with Gasteiger partial charge in [0.25, 0.3) is 5.56 Å². The molecule has 0 saturated heterocycles. The number of hydrogen-bond acceptors (Lipinski definition) is 6. The van der Waals surface area contributed by atoms with Gasteiger partial charge in [-0.3, -0.25) is 4.79 Å². The van der Waals surface area contributed by atoms with Crippen molar-refractivity contribution in [3.8, 4) is 22.8 Å². The lowest BCUT2D eigenvalue weighted by Gasteiger charge is -2.10. The molecule has 0 bridgehead atoms. The summed E-state index contributed by atoms with van der Waals surface area (Å²) in [5.74, 6) is 0.642. The van der Waals surface area contributed by atoms with Crippen LogP contribution in [0, 0.1) is 13.8 Å². The third-order valence-electron chi connectivity index (χ3n) is 5.04. The van der Waals surface area contributed by atoms with Crippen LogP contribution in [0.25, 0.3) is 22.8 Å². The van der Waals surface area contributed by atoms with Crippen LogP contribution < -0.4 is 11.3 Å². The van der Waals surface area contributed by atoms with E-state index in [0.717, 1.165) is 16.7 Å². The molecule has 0 spiro atoms. The SMILES string of the molecule is Cc1cccc(-c2nc(N)c(Cl)c(-c3cn(Cc4cccn(C)c4=O)nn3)n2)c1C. The number of aryl methyl sites for hydroxylation is 2. The van der Waals surface area contributed by atoms with E-state index in [1.165, 1.54) is 4.57 Å². The zero-order chi connectivity index (χ0) is 21.4. The summed E-state index contributed by atoms with van der Waals surface area (Å²) >= 11 is 6.39. The van der Waals surface area contributed by atoms with Gasteiger partial charge in [0.15, 0.2) is 5.82 Å². The van der Waals surface area contributed by atoms with Gasteiger partial charge in [0.1, 0.15) is 22.2 Å². The number of aromatic nitrogens is 6. The van der Waals surface area contributed by atoms with Crippen molar-refractivity contribution >= 4 is 17.4 Å². The normalized spacial score (nSPS) is 11.1. The molecule has 2 N–H and O–H groups in total. The maximum atomic E-state index is 12.3. The summed E-state index contributed by atoms with van der Waals surface area (Å²) in [4.78, 5) is 21.2. The van der Waals surface area contributed by atoms with Gasteiger partial charge in [-0.05, 0) is 31.0 Å². The number of rotatable bonds is 4. The van der Waals surface area contributed by atoms with Gasteiger partial charge in [-0.2, -0.15) is 0 Å². The van der Waals surface area contributed by atoms with Crippen molar-refractivity contribution < 1.29 is 0 Å². The van der Waals surface area contributed by atoms with Gasteiger partial charge in [0.2, 0.25) is 0 Å². The first kappa shape index (κ1) is 19.8. The van der Waals surface area contributed by atoms with Gasteiger partial charge in [0.05, 0.1) is 12.7 Å². The monoisotopic (exact) mass is 421 g/mol. The third kappa shape index (κ3) is 3.57. The molecule has 0 radical (unpaired) electrons. The van der Waals surface area contributed by atoms with Crippen LogP contribution >= 0.6 is 11.6 Å². The van der Waals surface area contributed by atoms with Crippen molar-refractivity contribution in [1.29, 1.82) is 0 Å². The third-order valence-corrected chi connectivity index (χ3v) is 5.41. The predicted molar refractivity (Wildman–Crippen MR) is 116 cm³/mol. The zero-order valence-electron chi connectivity index (χ0n) is 16.8. The van der Waals surface area contributed by atoms with E-state index >= 15 is 0 Å². The van der Waals surface area contributed by atoms with Crippen LogP contribution in [0.15, 0.2) is 47.5 Å². The lowest BCUT2D eigenvalue weighted by Crippen LogP contribution is -2.21. The molecule has 4 rings (SSSR count). The molecule has 3 aromatic heterocycles. The number of pyridine rings is 1. The Morgan fingerprint density at radius 1 is 1.13 bits per heavy atom. The van der Waals surface area contributed by atoms with Crippen molar-refractivity contribution in [1.82, 2.24) is 29.5 Å². The minimum absolute atomic E-state index is 0.0870. The van der Waals surface area contributed by atoms with Gasteiger partial charge < -0.3 is 10.3 Å². The number of benzene rings is 1. The Hall–Kier alpha value is -3.52. The minimum Gasteiger partial charge on any atom is -0.382 e. The van der Waals surface area contributed by atoms with Crippen LogP contribution in [-0.4, -0.2) is 29.5 Å². The van der Waals surface area contributed by atoms with Gasteiger partial charge >= 0.3 is 0 Å². The molecule has 0 amide bonds. The molecule has 1 aromatic carbocycles. The van der Waals surface area contributed by atoms with Crippen LogP contribution in [0.2, 0.25) is 5.02 Å². The fraction of sp³-hybridized carbons (Fsp3) is 0.190. The molecule has 3 heterocycles. The molecule has 9 heteroatoms. The highest BCUT2D eigenvalue weighted by atomic mass is 35.5. The summed E-state index contributed by atoms with van der Waals surface area (Å²) in [5, 5.41) is 8.52. The van der Waals surface area contributed by atoms with Crippen molar-refractivity contribution in [2.45, 2.75) is 20.4 Å². The molecule has 0 unspecified atom stereocenters. The van der Waals surface area contributed by atoms with Crippen molar-refractivity contribution in [3.05, 3.63) is 74.8 Å². The number of nitrogens with two attached hydrogens (primary N) is 1. The molecule has 0 saturated carbocycles. The number of nitrogen functional groups attached to an aromatic ring is 1. The maximum absolute atomic E-state index is 12.3. The van der Waals surface area contributed by atoms with E-state index in [0.29, 0.717) is 22.8 Å². The van der Waals surface area contributed by atoms with Crippen LogP contribution in [0.4, 0.5) is 5.82 Å². The Labute approximate surface area is 178 Å². The summed E-state index contributed by atoms with van der Waals surface area (Å²) in [5.41, 5.74) is 10.5. The molecule has 0 aliphatic carbocycles.